The smallest absolute Gasteiger partial charge is 0.303 e. The fourth-order valence-electron chi connectivity index (χ4n) is 1.75. The number of nitrogens with one attached hydrogen (secondary N) is 2. The van der Waals surface area contributed by atoms with Gasteiger partial charge in [0.2, 0.25) is 10.0 Å². The molecule has 1 heterocycles. The van der Waals surface area contributed by atoms with Gasteiger partial charge >= 0.3 is 5.97 Å². The molecule has 0 aromatic carbocycles. The lowest BCUT2D eigenvalue weighted by Crippen LogP contribution is -2.29. The van der Waals surface area contributed by atoms with Crippen LogP contribution in [0.15, 0.2) is 11.6 Å². The first-order valence-electron chi connectivity index (χ1n) is 6.07. The lowest BCUT2D eigenvalue weighted by atomic mass is 10.1. The summed E-state index contributed by atoms with van der Waals surface area (Å²) >= 11 is 0. The molecule has 0 amide bonds. The van der Waals surface area contributed by atoms with E-state index in [4.69, 9.17) is 5.11 Å². The first-order valence-corrected chi connectivity index (χ1v) is 7.72. The van der Waals surface area contributed by atoms with Crippen LogP contribution in [0.25, 0.3) is 0 Å². The topological polar surface area (TPSA) is 95.5 Å². The minimum absolute atomic E-state index is 0.113. The van der Waals surface area contributed by atoms with Gasteiger partial charge in [0.05, 0.1) is 5.75 Å². The second-order valence-electron chi connectivity index (χ2n) is 4.28. The van der Waals surface area contributed by atoms with Crippen LogP contribution < -0.4 is 10.0 Å². The summed E-state index contributed by atoms with van der Waals surface area (Å²) in [7, 11) is -3.33. The molecule has 6 nitrogen and oxygen atoms in total. The maximum Gasteiger partial charge on any atom is 0.303 e. The molecule has 0 aromatic heterocycles. The Kier molecular flexibility index (Phi) is 6.31. The normalized spacial score (nSPS) is 16.3. The number of sulfonamides is 1. The van der Waals surface area contributed by atoms with Crippen LogP contribution in [-0.4, -0.2) is 44.9 Å². The van der Waals surface area contributed by atoms with Gasteiger partial charge in [-0.1, -0.05) is 11.6 Å². The van der Waals surface area contributed by atoms with Crippen molar-refractivity contribution in [1.82, 2.24) is 10.0 Å². The summed E-state index contributed by atoms with van der Waals surface area (Å²) in [6.45, 7) is 2.18. The molecule has 1 aliphatic rings. The van der Waals surface area contributed by atoms with Crippen molar-refractivity contribution in [1.29, 1.82) is 0 Å². The van der Waals surface area contributed by atoms with Crippen molar-refractivity contribution in [2.45, 2.75) is 25.7 Å². The van der Waals surface area contributed by atoms with Crippen molar-refractivity contribution in [3.05, 3.63) is 11.6 Å². The maximum atomic E-state index is 11.5. The third kappa shape index (κ3) is 6.73. The van der Waals surface area contributed by atoms with Crippen molar-refractivity contribution < 1.29 is 18.3 Å². The van der Waals surface area contributed by atoms with Gasteiger partial charge in [-0.05, 0) is 25.8 Å². The molecule has 0 unspecified atom stereocenters. The monoisotopic (exact) mass is 276 g/mol. The fourth-order valence-corrected chi connectivity index (χ4v) is 2.83. The number of rotatable bonds is 8. The predicted octanol–water partition coefficient (Wildman–Crippen LogP) is 0.0804. The summed E-state index contributed by atoms with van der Waals surface area (Å²) < 4.78 is 25.5. The van der Waals surface area contributed by atoms with Crippen molar-refractivity contribution >= 4 is 16.0 Å². The van der Waals surface area contributed by atoms with E-state index in [2.05, 4.69) is 16.1 Å². The van der Waals surface area contributed by atoms with Gasteiger partial charge in [-0.2, -0.15) is 0 Å². The van der Waals surface area contributed by atoms with Gasteiger partial charge in [0.15, 0.2) is 0 Å². The van der Waals surface area contributed by atoms with Crippen LogP contribution in [-0.2, 0) is 14.8 Å². The predicted molar refractivity (Wildman–Crippen MR) is 68.8 cm³/mol. The first-order chi connectivity index (χ1) is 8.49. The van der Waals surface area contributed by atoms with Gasteiger partial charge < -0.3 is 10.4 Å². The Morgan fingerprint density at radius 3 is 2.89 bits per heavy atom. The highest BCUT2D eigenvalue weighted by atomic mass is 32.2. The summed E-state index contributed by atoms with van der Waals surface area (Å²) in [6.07, 6.45) is 3.80. The van der Waals surface area contributed by atoms with E-state index < -0.39 is 16.0 Å². The van der Waals surface area contributed by atoms with Crippen LogP contribution in [0.2, 0.25) is 0 Å². The Balaban J connectivity index is 2.20. The van der Waals surface area contributed by atoms with Gasteiger partial charge in [-0.25, -0.2) is 13.1 Å². The second-order valence-corrected chi connectivity index (χ2v) is 6.20. The number of carboxylic acids is 1. The van der Waals surface area contributed by atoms with E-state index in [0.717, 1.165) is 25.9 Å². The molecule has 0 radical (unpaired) electrons. The van der Waals surface area contributed by atoms with E-state index in [1.165, 1.54) is 5.57 Å². The van der Waals surface area contributed by atoms with Crippen LogP contribution in [0, 0.1) is 0 Å². The van der Waals surface area contributed by atoms with Crippen molar-refractivity contribution in [2.75, 3.05) is 25.4 Å². The van der Waals surface area contributed by atoms with Crippen molar-refractivity contribution in [2.24, 2.45) is 0 Å². The zero-order chi connectivity index (χ0) is 13.4. The Labute approximate surface area is 108 Å². The maximum absolute atomic E-state index is 11.5. The summed E-state index contributed by atoms with van der Waals surface area (Å²) in [5.74, 6) is -1.09. The van der Waals surface area contributed by atoms with Gasteiger partial charge in [0.25, 0.3) is 0 Å². The summed E-state index contributed by atoms with van der Waals surface area (Å²) in [4.78, 5) is 10.3. The molecule has 0 fully saturated rings. The molecule has 0 aliphatic carbocycles. The average molecular weight is 276 g/mol. The second kappa shape index (κ2) is 7.50. The summed E-state index contributed by atoms with van der Waals surface area (Å²) in [5, 5.41) is 11.6. The molecule has 7 heteroatoms. The number of hydrogen-bond donors (Lipinski definition) is 3. The molecule has 0 saturated carbocycles. The molecule has 0 atom stereocenters. The van der Waals surface area contributed by atoms with Crippen LogP contribution in [0.1, 0.15) is 25.7 Å². The number of aliphatic carboxylic acids is 1. The molecule has 0 bridgehead atoms. The van der Waals surface area contributed by atoms with Crippen LogP contribution in [0.4, 0.5) is 0 Å². The molecule has 3 N–H and O–H groups in total. The van der Waals surface area contributed by atoms with E-state index in [1.807, 2.05) is 0 Å². The van der Waals surface area contributed by atoms with E-state index in [9.17, 15) is 13.2 Å². The Morgan fingerprint density at radius 1 is 1.50 bits per heavy atom. The third-order valence-corrected chi connectivity index (χ3v) is 4.20. The summed E-state index contributed by atoms with van der Waals surface area (Å²) in [5.41, 5.74) is 1.27. The molecule has 0 spiro atoms. The van der Waals surface area contributed by atoms with Gasteiger partial charge in [0.1, 0.15) is 0 Å². The van der Waals surface area contributed by atoms with Crippen LogP contribution in [0.3, 0.4) is 0 Å². The number of carbonyl (C=O) groups is 1. The minimum Gasteiger partial charge on any atom is -0.481 e. The zero-order valence-electron chi connectivity index (χ0n) is 10.3. The number of carboxylic acid groups (broad SMARTS) is 1. The van der Waals surface area contributed by atoms with E-state index in [1.54, 1.807) is 0 Å². The highest BCUT2D eigenvalue weighted by Crippen LogP contribution is 2.08. The molecular weight excluding hydrogens is 256 g/mol. The quantitative estimate of drug-likeness (QED) is 0.546. The zero-order valence-corrected chi connectivity index (χ0v) is 11.1. The molecule has 0 saturated heterocycles. The highest BCUT2D eigenvalue weighted by molar-refractivity contribution is 7.89. The van der Waals surface area contributed by atoms with Crippen LogP contribution in [0.5, 0.6) is 0 Å². The molecule has 18 heavy (non-hydrogen) atoms. The van der Waals surface area contributed by atoms with E-state index >= 15 is 0 Å². The largest absolute Gasteiger partial charge is 0.481 e. The van der Waals surface area contributed by atoms with E-state index in [-0.39, 0.29) is 18.6 Å². The lowest BCUT2D eigenvalue weighted by Gasteiger charge is -2.14. The van der Waals surface area contributed by atoms with Crippen molar-refractivity contribution in [3.63, 3.8) is 0 Å². The first kappa shape index (κ1) is 15.1. The molecule has 1 aliphatic heterocycles. The number of hydrogen-bond acceptors (Lipinski definition) is 4. The standard InChI is InChI=1S/C11H20N2O4S/c14-11(15)2-1-9-18(16,17)13-8-5-10-3-6-12-7-4-10/h3,12-13H,1-2,4-9H2,(H,14,15). The highest BCUT2D eigenvalue weighted by Gasteiger charge is 2.11. The third-order valence-electron chi connectivity index (χ3n) is 2.73. The molecule has 0 aromatic rings. The SMILES string of the molecule is O=C(O)CCCS(=O)(=O)NCCC1=CCNCC1. The van der Waals surface area contributed by atoms with Gasteiger partial charge in [0, 0.05) is 19.5 Å². The average Bonchev–Trinajstić information content (AvgIpc) is 2.29. The molecular formula is C11H20N2O4S. The Bertz CT molecular complexity index is 403. The van der Waals surface area contributed by atoms with Crippen molar-refractivity contribution in [3.8, 4) is 0 Å². The lowest BCUT2D eigenvalue weighted by molar-refractivity contribution is -0.137. The van der Waals surface area contributed by atoms with Crippen LogP contribution >= 0.6 is 0 Å². The Morgan fingerprint density at radius 2 is 2.28 bits per heavy atom. The molecule has 104 valence electrons. The molecule has 1 rings (SSSR count). The van der Waals surface area contributed by atoms with Gasteiger partial charge in [-0.3, -0.25) is 4.79 Å². The summed E-state index contributed by atoms with van der Waals surface area (Å²) in [6, 6.07) is 0. The van der Waals surface area contributed by atoms with E-state index in [0.29, 0.717) is 6.54 Å². The Hall–Kier alpha value is -0.920. The minimum atomic E-state index is -3.33. The fraction of sp³-hybridized carbons (Fsp3) is 0.727. The van der Waals surface area contributed by atoms with Gasteiger partial charge in [-0.15, -0.1) is 0 Å².